The van der Waals surface area contributed by atoms with Crippen molar-refractivity contribution in [2.45, 2.75) is 6.18 Å². The molecular weight excluding hydrogens is 212 g/mol. The third-order valence-corrected chi connectivity index (χ3v) is 1.31. The Labute approximate surface area is 52.5 Å². The van der Waals surface area contributed by atoms with Gasteiger partial charge < -0.3 is 0 Å². The van der Waals surface area contributed by atoms with E-state index < -0.39 is 6.18 Å². The zero-order chi connectivity index (χ0) is 5.91. The van der Waals surface area contributed by atoms with Gasteiger partial charge in [-0.15, -0.1) is 0 Å². The van der Waals surface area contributed by atoms with Gasteiger partial charge in [-0.2, -0.15) is 0 Å². The Bertz CT molecular complexity index is 72.7. The fourth-order valence-corrected chi connectivity index (χ4v) is 1.27. The van der Waals surface area contributed by atoms with Crippen molar-refractivity contribution in [2.75, 3.05) is 0 Å². The molecule has 0 spiro atoms. The molecule has 0 aliphatic carbocycles. The number of halogens is 3. The van der Waals surface area contributed by atoms with E-state index in [2.05, 4.69) is 0 Å². The predicted octanol–water partition coefficient (Wildman–Crippen LogP) is 0.428. The molecule has 7 heavy (non-hydrogen) atoms. The van der Waals surface area contributed by atoms with Crippen LogP contribution in [0.3, 0.4) is 0 Å². The minimum atomic E-state index is -4.08. The normalized spacial score (nSPS) is 13.6. The summed E-state index contributed by atoms with van der Waals surface area (Å²) in [5.41, 5.74) is 0. The van der Waals surface area contributed by atoms with Crippen LogP contribution in [0.2, 0.25) is 0 Å². The third kappa shape index (κ3) is 6.33. The number of rotatable bonds is 0. The molecule has 0 aliphatic rings. The summed E-state index contributed by atoms with van der Waals surface area (Å²) in [6, 6.07) is 0. The number of hydrogen-bond acceptors (Lipinski definition) is 0. The molecule has 42 valence electrons. The van der Waals surface area contributed by atoms with Gasteiger partial charge in [-0.3, -0.25) is 0 Å². The van der Waals surface area contributed by atoms with Gasteiger partial charge in [0.05, 0.1) is 0 Å². The third-order valence-electron chi connectivity index (χ3n) is 0.356. The monoisotopic (exact) mass is 218 g/mol. The first kappa shape index (κ1) is 7.33. The van der Waals surface area contributed by atoms with Crippen LogP contribution in [-0.4, -0.2) is 28.7 Å². The van der Waals surface area contributed by atoms with E-state index in [0.29, 0.717) is 0 Å². The average Bonchev–Trinajstić information content (AvgIpc) is 1.30. The molecule has 0 bridgehead atoms. The second-order valence-corrected chi connectivity index (χ2v) is 2.94. The molecule has 0 atom stereocenters. The van der Waals surface area contributed by atoms with Crippen molar-refractivity contribution in [2.24, 2.45) is 0 Å². The van der Waals surface area contributed by atoms with E-state index in [0.717, 1.165) is 0 Å². The van der Waals surface area contributed by atoms with Crippen LogP contribution in [0.1, 0.15) is 0 Å². The molecular formula is C3H5F3Sn. The quantitative estimate of drug-likeness (QED) is 0.516. The molecule has 0 aliphatic heterocycles. The van der Waals surface area contributed by atoms with Crippen LogP contribution in [-0.2, 0) is 0 Å². The van der Waals surface area contributed by atoms with Crippen LogP contribution in [0.25, 0.3) is 0 Å². The Morgan fingerprint density at radius 1 is 1.29 bits per heavy atom. The van der Waals surface area contributed by atoms with E-state index in [1.807, 2.05) is 0 Å². The van der Waals surface area contributed by atoms with Crippen LogP contribution >= 0.6 is 0 Å². The van der Waals surface area contributed by atoms with Gasteiger partial charge in [-0.05, 0) is 0 Å². The average molecular weight is 217 g/mol. The van der Waals surface area contributed by atoms with E-state index in [1.165, 1.54) is 4.09 Å². The molecule has 0 nitrogen and oxygen atoms in total. The van der Waals surface area contributed by atoms with Crippen LogP contribution in [0.5, 0.6) is 0 Å². The fourth-order valence-electron chi connectivity index (χ4n) is 0.189. The summed E-state index contributed by atoms with van der Waals surface area (Å²) >= 11 is 0.0302. The second-order valence-electron chi connectivity index (χ2n) is 1.04. The fraction of sp³-hybridized carbons (Fsp3) is 0.333. The van der Waals surface area contributed by atoms with E-state index in [-0.39, 0.29) is 28.6 Å². The molecule has 0 saturated heterocycles. The van der Waals surface area contributed by atoms with Gasteiger partial charge in [0.25, 0.3) is 0 Å². The van der Waals surface area contributed by atoms with Gasteiger partial charge in [-0.1, -0.05) is 0 Å². The predicted molar refractivity (Wildman–Crippen MR) is 25.1 cm³/mol. The summed E-state index contributed by atoms with van der Waals surface area (Å²) in [4.78, 5) is 0. The Hall–Kier alpha value is 0.329. The topological polar surface area (TPSA) is 0 Å². The molecule has 0 rings (SSSR count). The molecule has 0 fully saturated rings. The summed E-state index contributed by atoms with van der Waals surface area (Å²) in [5.74, 6) is 0. The molecule has 0 N–H and O–H groups in total. The Morgan fingerprint density at radius 3 is 1.71 bits per heavy atom. The Morgan fingerprint density at radius 2 is 1.71 bits per heavy atom. The number of allylic oxidation sites excluding steroid dienone is 1. The van der Waals surface area contributed by atoms with E-state index in [9.17, 15) is 13.2 Å². The van der Waals surface area contributed by atoms with Crippen molar-refractivity contribution < 1.29 is 13.2 Å². The van der Waals surface area contributed by atoms with Crippen LogP contribution < -0.4 is 0 Å². The molecule has 0 radical (unpaired) electrons. The van der Waals surface area contributed by atoms with Crippen molar-refractivity contribution in [1.82, 2.24) is 0 Å². The molecule has 0 unspecified atom stereocenters. The van der Waals surface area contributed by atoms with Gasteiger partial charge in [0, 0.05) is 0 Å². The van der Waals surface area contributed by atoms with Crippen LogP contribution in [0, 0.1) is 0 Å². The van der Waals surface area contributed by atoms with E-state index in [4.69, 9.17) is 0 Å². The maximum atomic E-state index is 11.0. The molecule has 0 amide bonds. The summed E-state index contributed by atoms with van der Waals surface area (Å²) in [7, 11) is 0. The maximum absolute atomic E-state index is 11.0. The Kier molecular flexibility index (Phi) is 2.71. The Balaban J connectivity index is 3.56. The second kappa shape index (κ2) is 2.59. The molecule has 4 heteroatoms. The van der Waals surface area contributed by atoms with Crippen molar-refractivity contribution in [3.05, 3.63) is 10.2 Å². The van der Waals surface area contributed by atoms with Gasteiger partial charge in [-0.25, -0.2) is 0 Å². The zero-order valence-corrected chi connectivity index (χ0v) is 9.50. The zero-order valence-electron chi connectivity index (χ0n) is 3.79. The summed E-state index contributed by atoms with van der Waals surface area (Å²) in [5, 5.41) is 0. The number of hydrogen-bond donors (Lipinski definition) is 0. The van der Waals surface area contributed by atoms with E-state index >= 15 is 0 Å². The van der Waals surface area contributed by atoms with Gasteiger partial charge in [0.1, 0.15) is 0 Å². The molecule has 0 saturated carbocycles. The SMILES string of the molecule is FC(F)(F)/C=[CH]\[SnH3]. The van der Waals surface area contributed by atoms with Crippen molar-refractivity contribution >= 4 is 22.5 Å². The summed E-state index contributed by atoms with van der Waals surface area (Å²) < 4.78 is 34.2. The van der Waals surface area contributed by atoms with Gasteiger partial charge >= 0.3 is 52.0 Å². The number of alkyl halides is 3. The minimum absolute atomic E-state index is 0.0302. The van der Waals surface area contributed by atoms with E-state index in [1.54, 1.807) is 0 Å². The van der Waals surface area contributed by atoms with Crippen LogP contribution in [0.4, 0.5) is 13.2 Å². The standard InChI is InChI=1S/C3H2F3.Sn.3H/c1-2-3(4,5)6;;;;/h1-2H;;;;. The van der Waals surface area contributed by atoms with Crippen molar-refractivity contribution in [3.8, 4) is 0 Å². The summed E-state index contributed by atoms with van der Waals surface area (Å²) in [6.07, 6.45) is -3.80. The van der Waals surface area contributed by atoms with Crippen molar-refractivity contribution in [1.29, 1.82) is 0 Å². The first-order valence-electron chi connectivity index (χ1n) is 1.77. The summed E-state index contributed by atoms with van der Waals surface area (Å²) in [6.45, 7) is 0. The van der Waals surface area contributed by atoms with Gasteiger partial charge in [0.2, 0.25) is 0 Å². The first-order chi connectivity index (χ1) is 3.06. The molecule has 0 heterocycles. The van der Waals surface area contributed by atoms with Crippen LogP contribution in [0.15, 0.2) is 10.2 Å². The molecule has 0 aromatic heterocycles. The molecule has 0 aromatic carbocycles. The first-order valence-corrected chi connectivity index (χ1v) is 5.06. The molecule has 0 aromatic rings. The van der Waals surface area contributed by atoms with Crippen molar-refractivity contribution in [3.63, 3.8) is 0 Å². The van der Waals surface area contributed by atoms with Gasteiger partial charge in [0.15, 0.2) is 0 Å².